The van der Waals surface area contributed by atoms with Crippen LogP contribution in [0.1, 0.15) is 19.0 Å². The maximum Gasteiger partial charge on any atom is 0.280 e. The van der Waals surface area contributed by atoms with E-state index in [0.717, 1.165) is 11.0 Å². The van der Waals surface area contributed by atoms with Gasteiger partial charge in [-0.25, -0.2) is 13.8 Å². The van der Waals surface area contributed by atoms with Gasteiger partial charge in [-0.1, -0.05) is 0 Å². The minimum Gasteiger partial charge on any atom is -0.761 e. The molecular formula is C13H11F2N4O2-. The fraction of sp³-hybridized carbons (Fsp3) is 0.154. The largest absolute Gasteiger partial charge is 0.761 e. The van der Waals surface area contributed by atoms with Gasteiger partial charge >= 0.3 is 0 Å². The second kappa shape index (κ2) is 6.23. The Morgan fingerprint density at radius 1 is 1.29 bits per heavy atom. The lowest BCUT2D eigenvalue weighted by Gasteiger charge is -2.21. The number of carbonyl (C=O) groups is 1. The molecule has 0 atom stereocenters. The second-order valence-corrected chi connectivity index (χ2v) is 4.10. The van der Waals surface area contributed by atoms with Gasteiger partial charge in [-0.15, -0.1) is 0 Å². The predicted octanol–water partition coefficient (Wildman–Crippen LogP) is 3.01. The molecule has 6 nitrogen and oxygen atoms in total. The van der Waals surface area contributed by atoms with Crippen molar-refractivity contribution in [1.82, 2.24) is 9.97 Å². The Hall–Kier alpha value is -2.61. The van der Waals surface area contributed by atoms with Crippen molar-refractivity contribution in [3.8, 4) is 0 Å². The average Bonchev–Trinajstić information content (AvgIpc) is 2.47. The van der Waals surface area contributed by atoms with E-state index in [1.807, 2.05) is 0 Å². The van der Waals surface area contributed by atoms with Crippen LogP contribution >= 0.6 is 0 Å². The molecule has 0 unspecified atom stereocenters. The summed E-state index contributed by atoms with van der Waals surface area (Å²) in [6.45, 7) is 1.27. The van der Waals surface area contributed by atoms with Crippen molar-refractivity contribution in [2.45, 2.75) is 13.3 Å². The number of hydrogen-bond acceptors (Lipinski definition) is 5. The molecule has 0 aromatic carbocycles. The number of halogens is 2. The zero-order valence-corrected chi connectivity index (χ0v) is 11.0. The summed E-state index contributed by atoms with van der Waals surface area (Å²) in [5.74, 6) is -0.285. The summed E-state index contributed by atoms with van der Waals surface area (Å²) >= 11 is 0. The number of nitrogens with one attached hydrogen (secondary N) is 1. The van der Waals surface area contributed by atoms with E-state index >= 15 is 0 Å². The van der Waals surface area contributed by atoms with Crippen LogP contribution in [0.3, 0.4) is 0 Å². The molecule has 21 heavy (non-hydrogen) atoms. The summed E-state index contributed by atoms with van der Waals surface area (Å²) in [7, 11) is 0. The van der Waals surface area contributed by atoms with Crippen molar-refractivity contribution in [3.63, 3.8) is 0 Å². The van der Waals surface area contributed by atoms with E-state index in [1.165, 1.54) is 37.5 Å². The Labute approximate surface area is 119 Å². The fourth-order valence-electron chi connectivity index (χ4n) is 1.77. The van der Waals surface area contributed by atoms with Crippen LogP contribution in [0.4, 0.5) is 26.0 Å². The van der Waals surface area contributed by atoms with Gasteiger partial charge in [0.1, 0.15) is 11.5 Å². The van der Waals surface area contributed by atoms with Gasteiger partial charge in [0.15, 0.2) is 0 Å². The first-order chi connectivity index (χ1) is 10.0. The van der Waals surface area contributed by atoms with Gasteiger partial charge in [0, 0.05) is 31.1 Å². The number of pyridine rings is 2. The van der Waals surface area contributed by atoms with E-state index in [1.54, 1.807) is 5.48 Å². The van der Waals surface area contributed by atoms with Crippen molar-refractivity contribution in [2.24, 2.45) is 0 Å². The van der Waals surface area contributed by atoms with Crippen molar-refractivity contribution in [1.29, 1.82) is 0 Å². The number of rotatable bonds is 4. The standard InChI is InChI=1S/C13H11F2N4O2/c1-8(20)19(12-6-9(18-21)2-4-17-12)10-3-5-16-11(7-10)13(14)15/h2-7,13H,1H3,(H-,17,18,21)/q-1. The molecule has 2 aromatic rings. The van der Waals surface area contributed by atoms with Crippen LogP contribution in [0, 0.1) is 5.21 Å². The third-order valence-electron chi connectivity index (χ3n) is 2.65. The zero-order valence-electron chi connectivity index (χ0n) is 11.0. The first kappa shape index (κ1) is 14.8. The molecular weight excluding hydrogens is 282 g/mol. The van der Waals surface area contributed by atoms with Gasteiger partial charge in [0.2, 0.25) is 5.91 Å². The lowest BCUT2D eigenvalue weighted by Crippen LogP contribution is -2.24. The van der Waals surface area contributed by atoms with E-state index in [0.29, 0.717) is 0 Å². The van der Waals surface area contributed by atoms with Crippen molar-refractivity contribution in [3.05, 3.63) is 47.6 Å². The molecule has 2 heterocycles. The third-order valence-corrected chi connectivity index (χ3v) is 2.65. The lowest BCUT2D eigenvalue weighted by molar-refractivity contribution is -0.115. The van der Waals surface area contributed by atoms with Crippen LogP contribution in [0.25, 0.3) is 0 Å². The van der Waals surface area contributed by atoms with Gasteiger partial charge in [0.25, 0.3) is 6.43 Å². The lowest BCUT2D eigenvalue weighted by atomic mass is 10.2. The molecule has 0 fully saturated rings. The van der Waals surface area contributed by atoms with Gasteiger partial charge < -0.3 is 10.7 Å². The van der Waals surface area contributed by atoms with E-state index in [4.69, 9.17) is 0 Å². The van der Waals surface area contributed by atoms with Gasteiger partial charge in [0.05, 0.1) is 5.69 Å². The SMILES string of the molecule is CC(=O)N(c1ccnc(C(F)F)c1)c1cc(N[O-])ccn1. The van der Waals surface area contributed by atoms with E-state index < -0.39 is 18.0 Å². The number of aromatic nitrogens is 2. The first-order valence-corrected chi connectivity index (χ1v) is 5.92. The Bertz CT molecular complexity index is 652. The summed E-state index contributed by atoms with van der Waals surface area (Å²) in [6, 6.07) is 5.28. The monoisotopic (exact) mass is 293 g/mol. The fourth-order valence-corrected chi connectivity index (χ4v) is 1.77. The third kappa shape index (κ3) is 3.29. The smallest absolute Gasteiger partial charge is 0.280 e. The van der Waals surface area contributed by atoms with Crippen LogP contribution < -0.4 is 10.4 Å². The van der Waals surface area contributed by atoms with Crippen LogP contribution in [-0.2, 0) is 4.79 Å². The number of carbonyl (C=O) groups excluding carboxylic acids is 1. The quantitative estimate of drug-likeness (QED) is 0.876. The van der Waals surface area contributed by atoms with Crippen LogP contribution in [0.5, 0.6) is 0 Å². The average molecular weight is 293 g/mol. The number of hydrogen-bond donors (Lipinski definition) is 1. The number of nitrogens with zero attached hydrogens (tertiary/aromatic N) is 3. The summed E-state index contributed by atoms with van der Waals surface area (Å²) < 4.78 is 25.4. The molecule has 110 valence electrons. The Morgan fingerprint density at radius 2 is 2.00 bits per heavy atom. The molecule has 0 saturated carbocycles. The van der Waals surface area contributed by atoms with Crippen molar-refractivity contribution >= 4 is 23.1 Å². The summed E-state index contributed by atoms with van der Waals surface area (Å²) in [5, 5.41) is 10.7. The molecule has 0 aliphatic carbocycles. The molecule has 0 saturated heterocycles. The molecule has 0 spiro atoms. The maximum absolute atomic E-state index is 12.7. The first-order valence-electron chi connectivity index (χ1n) is 5.92. The van der Waals surface area contributed by atoms with Gasteiger partial charge in [-0.05, 0) is 18.2 Å². The topological polar surface area (TPSA) is 81.2 Å². The molecule has 1 amide bonds. The molecule has 0 aliphatic rings. The molecule has 1 N–H and O–H groups in total. The van der Waals surface area contributed by atoms with Crippen LogP contribution in [-0.4, -0.2) is 15.9 Å². The maximum atomic E-state index is 12.7. The molecule has 0 aliphatic heterocycles. The molecule has 2 aromatic heterocycles. The van der Waals surface area contributed by atoms with Crippen LogP contribution in [0.15, 0.2) is 36.7 Å². The Morgan fingerprint density at radius 3 is 2.62 bits per heavy atom. The minimum absolute atomic E-state index is 0.148. The van der Waals surface area contributed by atoms with Gasteiger partial charge in [-0.3, -0.25) is 14.7 Å². The number of amides is 1. The highest BCUT2D eigenvalue weighted by atomic mass is 19.3. The van der Waals surface area contributed by atoms with Gasteiger partial charge in [-0.2, -0.15) is 0 Å². The molecule has 0 radical (unpaired) electrons. The highest BCUT2D eigenvalue weighted by Gasteiger charge is 2.18. The van der Waals surface area contributed by atoms with E-state index in [-0.39, 0.29) is 17.2 Å². The summed E-state index contributed by atoms with van der Waals surface area (Å²) in [6.07, 6.45) is -0.232. The number of alkyl halides is 2. The predicted molar refractivity (Wildman–Crippen MR) is 73.2 cm³/mol. The highest BCUT2D eigenvalue weighted by molar-refractivity contribution is 5.98. The Balaban J connectivity index is 2.48. The zero-order chi connectivity index (χ0) is 15.4. The minimum atomic E-state index is -2.75. The van der Waals surface area contributed by atoms with E-state index in [2.05, 4.69) is 9.97 Å². The summed E-state index contributed by atoms with van der Waals surface area (Å²) in [4.78, 5) is 20.4. The molecule has 0 bridgehead atoms. The van der Waals surface area contributed by atoms with E-state index in [9.17, 15) is 18.8 Å². The van der Waals surface area contributed by atoms with Crippen molar-refractivity contribution in [2.75, 3.05) is 10.4 Å². The number of anilines is 3. The van der Waals surface area contributed by atoms with Crippen molar-refractivity contribution < 1.29 is 13.6 Å². The highest BCUT2D eigenvalue weighted by Crippen LogP contribution is 2.28. The molecule has 8 heteroatoms. The van der Waals surface area contributed by atoms with Crippen LogP contribution in [0.2, 0.25) is 0 Å². The Kier molecular flexibility index (Phi) is 4.39. The normalized spacial score (nSPS) is 10.5. The molecule has 2 rings (SSSR count). The summed E-state index contributed by atoms with van der Waals surface area (Å²) in [5.41, 5.74) is 1.64. The second-order valence-electron chi connectivity index (χ2n) is 4.10.